The summed E-state index contributed by atoms with van der Waals surface area (Å²) in [6.45, 7) is 2.19. The average molecular weight is 268 g/mol. The Hall–Kier alpha value is -2.12. The summed E-state index contributed by atoms with van der Waals surface area (Å²) in [5.41, 5.74) is -1.00. The summed E-state index contributed by atoms with van der Waals surface area (Å²) < 4.78 is 2.06. The Labute approximate surface area is 108 Å². The Balaban J connectivity index is 2.48. The number of carboxylic acid groups (broad SMARTS) is 1. The lowest BCUT2D eigenvalue weighted by atomic mass is 10.0. The van der Waals surface area contributed by atoms with Gasteiger partial charge >= 0.3 is 11.7 Å². The molecule has 2 rings (SSSR count). The minimum Gasteiger partial charge on any atom is -0.481 e. The first kappa shape index (κ1) is 13.3. The van der Waals surface area contributed by atoms with Crippen molar-refractivity contribution in [2.24, 2.45) is 20.0 Å². The Morgan fingerprint density at radius 3 is 2.53 bits per heavy atom. The Morgan fingerprint density at radius 1 is 1.37 bits per heavy atom. The number of aryl methyl sites for hydroxylation is 1. The molecular formula is C11H16N4O4. The van der Waals surface area contributed by atoms with Crippen molar-refractivity contribution < 1.29 is 9.90 Å². The zero-order valence-corrected chi connectivity index (χ0v) is 11.0. The second-order valence-electron chi connectivity index (χ2n) is 4.76. The third-order valence-corrected chi connectivity index (χ3v) is 3.65. The topological polar surface area (TPSA) is 97.4 Å². The van der Waals surface area contributed by atoms with Crippen molar-refractivity contribution in [2.45, 2.75) is 19.4 Å². The molecule has 1 aliphatic heterocycles. The minimum atomic E-state index is -0.878. The third-order valence-electron chi connectivity index (χ3n) is 3.65. The van der Waals surface area contributed by atoms with Gasteiger partial charge in [0, 0.05) is 26.7 Å². The Kier molecular flexibility index (Phi) is 3.17. The van der Waals surface area contributed by atoms with Crippen molar-refractivity contribution in [3.05, 3.63) is 20.8 Å². The van der Waals surface area contributed by atoms with Crippen LogP contribution in [0.25, 0.3) is 0 Å². The van der Waals surface area contributed by atoms with E-state index in [0.29, 0.717) is 13.0 Å². The second kappa shape index (κ2) is 4.52. The lowest BCUT2D eigenvalue weighted by molar-refractivity contribution is -0.141. The van der Waals surface area contributed by atoms with Crippen LogP contribution in [0.1, 0.15) is 13.3 Å². The van der Waals surface area contributed by atoms with E-state index in [1.54, 1.807) is 11.8 Å². The van der Waals surface area contributed by atoms with Gasteiger partial charge in [-0.1, -0.05) is 0 Å². The quantitative estimate of drug-likeness (QED) is 0.722. The maximum Gasteiger partial charge on any atom is 0.346 e. The van der Waals surface area contributed by atoms with Crippen molar-refractivity contribution >= 4 is 11.8 Å². The lowest BCUT2D eigenvalue weighted by Crippen LogP contribution is -2.45. The van der Waals surface area contributed by atoms with E-state index in [9.17, 15) is 14.4 Å². The first-order valence-electron chi connectivity index (χ1n) is 5.98. The predicted octanol–water partition coefficient (Wildman–Crippen LogP) is -1.22. The average Bonchev–Trinajstić information content (AvgIpc) is 2.73. The number of aliphatic carboxylic acids is 1. The molecule has 1 aromatic rings. The van der Waals surface area contributed by atoms with Crippen LogP contribution in [0.15, 0.2) is 9.59 Å². The molecule has 0 aromatic carbocycles. The van der Waals surface area contributed by atoms with Crippen LogP contribution in [0.4, 0.5) is 5.82 Å². The summed E-state index contributed by atoms with van der Waals surface area (Å²) in [4.78, 5) is 36.3. The van der Waals surface area contributed by atoms with Crippen LogP contribution in [-0.4, -0.2) is 38.0 Å². The first-order valence-corrected chi connectivity index (χ1v) is 5.98. The highest BCUT2D eigenvalue weighted by Crippen LogP contribution is 2.26. The number of rotatable bonds is 2. The van der Waals surface area contributed by atoms with Gasteiger partial charge in [0.05, 0.1) is 5.92 Å². The maximum absolute atomic E-state index is 12.0. The predicted molar refractivity (Wildman–Crippen MR) is 67.3 cm³/mol. The fourth-order valence-electron chi connectivity index (χ4n) is 2.43. The molecule has 0 radical (unpaired) electrons. The molecule has 0 aliphatic carbocycles. The summed E-state index contributed by atoms with van der Waals surface area (Å²) in [7, 11) is 2.84. The van der Waals surface area contributed by atoms with E-state index in [4.69, 9.17) is 5.11 Å². The molecule has 1 aliphatic rings. The van der Waals surface area contributed by atoms with Crippen LogP contribution in [0.3, 0.4) is 0 Å². The number of carboxylic acids is 1. The highest BCUT2D eigenvalue weighted by molar-refractivity contribution is 5.72. The highest BCUT2D eigenvalue weighted by Gasteiger charge is 2.37. The van der Waals surface area contributed by atoms with Crippen LogP contribution >= 0.6 is 0 Å². The maximum atomic E-state index is 12.0. The molecule has 2 heterocycles. The number of anilines is 1. The van der Waals surface area contributed by atoms with Gasteiger partial charge < -0.3 is 10.0 Å². The number of nitrogens with zero attached hydrogens (tertiary/aromatic N) is 4. The van der Waals surface area contributed by atoms with Crippen LogP contribution < -0.4 is 16.1 Å². The highest BCUT2D eigenvalue weighted by atomic mass is 16.4. The van der Waals surface area contributed by atoms with Crippen molar-refractivity contribution in [2.75, 3.05) is 11.4 Å². The standard InChI is InChI=1S/C11H16N4O4/c1-6-7(10(17)18)4-5-15(6)8-9(16)13(2)11(19)14(3)12-8/h6-7H,4-5H2,1-3H3,(H,17,18). The zero-order chi connectivity index (χ0) is 14.3. The molecule has 1 saturated heterocycles. The van der Waals surface area contributed by atoms with E-state index in [2.05, 4.69) is 5.10 Å². The largest absolute Gasteiger partial charge is 0.481 e. The number of hydrogen-bond acceptors (Lipinski definition) is 5. The molecule has 104 valence electrons. The molecule has 8 heteroatoms. The summed E-state index contributed by atoms with van der Waals surface area (Å²) in [5, 5.41) is 13.0. The normalized spacial score (nSPS) is 22.8. The molecule has 8 nitrogen and oxygen atoms in total. The van der Waals surface area contributed by atoms with Crippen molar-refractivity contribution in [1.29, 1.82) is 0 Å². The van der Waals surface area contributed by atoms with Crippen LogP contribution in [0, 0.1) is 5.92 Å². The van der Waals surface area contributed by atoms with Gasteiger partial charge in [-0.25, -0.2) is 9.48 Å². The summed E-state index contributed by atoms with van der Waals surface area (Å²) in [5.74, 6) is -1.28. The fourth-order valence-corrected chi connectivity index (χ4v) is 2.43. The third kappa shape index (κ3) is 2.02. The number of carbonyl (C=O) groups is 1. The zero-order valence-electron chi connectivity index (χ0n) is 11.0. The molecule has 2 atom stereocenters. The summed E-state index contributed by atoms with van der Waals surface area (Å²) in [6.07, 6.45) is 0.462. The molecule has 1 N–H and O–H groups in total. The van der Waals surface area contributed by atoms with Gasteiger partial charge in [-0.15, -0.1) is 5.10 Å². The van der Waals surface area contributed by atoms with E-state index < -0.39 is 23.1 Å². The molecule has 19 heavy (non-hydrogen) atoms. The van der Waals surface area contributed by atoms with Crippen LogP contribution in [-0.2, 0) is 18.9 Å². The van der Waals surface area contributed by atoms with E-state index in [0.717, 1.165) is 9.25 Å². The van der Waals surface area contributed by atoms with Gasteiger partial charge in [0.15, 0.2) is 0 Å². The van der Waals surface area contributed by atoms with Gasteiger partial charge in [-0.2, -0.15) is 0 Å². The van der Waals surface area contributed by atoms with E-state index in [1.807, 2.05) is 0 Å². The summed E-state index contributed by atoms with van der Waals surface area (Å²) in [6, 6.07) is -0.324. The molecule has 0 spiro atoms. The Bertz CT molecular complexity index is 633. The van der Waals surface area contributed by atoms with Crippen molar-refractivity contribution in [3.8, 4) is 0 Å². The molecule has 0 saturated carbocycles. The molecule has 1 fully saturated rings. The van der Waals surface area contributed by atoms with Gasteiger partial charge in [-0.3, -0.25) is 14.2 Å². The molecular weight excluding hydrogens is 252 g/mol. The van der Waals surface area contributed by atoms with E-state index in [-0.39, 0.29) is 11.9 Å². The monoisotopic (exact) mass is 268 g/mol. The smallest absolute Gasteiger partial charge is 0.346 e. The number of aromatic nitrogens is 3. The Morgan fingerprint density at radius 2 is 2.00 bits per heavy atom. The van der Waals surface area contributed by atoms with Crippen molar-refractivity contribution in [1.82, 2.24) is 14.3 Å². The van der Waals surface area contributed by atoms with E-state index >= 15 is 0 Å². The molecule has 0 bridgehead atoms. The SMILES string of the molecule is CC1C(C(=O)O)CCN1c1nn(C)c(=O)n(C)c1=O. The van der Waals surface area contributed by atoms with Crippen molar-refractivity contribution in [3.63, 3.8) is 0 Å². The second-order valence-corrected chi connectivity index (χ2v) is 4.76. The molecule has 0 amide bonds. The van der Waals surface area contributed by atoms with Gasteiger partial charge in [-0.05, 0) is 13.3 Å². The minimum absolute atomic E-state index is 0.126. The van der Waals surface area contributed by atoms with Crippen LogP contribution in [0.5, 0.6) is 0 Å². The molecule has 1 aromatic heterocycles. The van der Waals surface area contributed by atoms with Gasteiger partial charge in [0.2, 0.25) is 5.82 Å². The first-order chi connectivity index (χ1) is 8.84. The summed E-state index contributed by atoms with van der Waals surface area (Å²) >= 11 is 0. The number of hydrogen-bond donors (Lipinski definition) is 1. The van der Waals surface area contributed by atoms with Gasteiger partial charge in [0.25, 0.3) is 5.56 Å². The lowest BCUT2D eigenvalue weighted by Gasteiger charge is -2.23. The molecule has 2 unspecified atom stereocenters. The van der Waals surface area contributed by atoms with Crippen LogP contribution in [0.2, 0.25) is 0 Å². The van der Waals surface area contributed by atoms with Gasteiger partial charge in [0.1, 0.15) is 0 Å². The fraction of sp³-hybridized carbons (Fsp3) is 0.636. The van der Waals surface area contributed by atoms with E-state index in [1.165, 1.54) is 14.1 Å².